The quantitative estimate of drug-likeness (QED) is 0.186. The number of hydrogen-bond acceptors (Lipinski definition) is 6. The SMILES string of the molecule is N#Cc1ccc(OCc2ccccc2)c(Oc2cc(Cl)nc(-c3ccc(OCc4ccccc4)cc3)n2)c1. The van der Waals surface area contributed by atoms with Gasteiger partial charge in [-0.3, -0.25) is 0 Å². The lowest BCUT2D eigenvalue weighted by Crippen LogP contribution is -1.99. The van der Waals surface area contributed by atoms with Crippen LogP contribution in [0.5, 0.6) is 23.1 Å². The summed E-state index contributed by atoms with van der Waals surface area (Å²) in [5.41, 5.74) is 3.27. The first-order valence-corrected chi connectivity index (χ1v) is 12.2. The topological polar surface area (TPSA) is 77.3 Å². The fourth-order valence-electron chi connectivity index (χ4n) is 3.64. The van der Waals surface area contributed by atoms with Crippen LogP contribution in [0.2, 0.25) is 5.15 Å². The van der Waals surface area contributed by atoms with Gasteiger partial charge in [0.1, 0.15) is 24.1 Å². The maximum Gasteiger partial charge on any atom is 0.224 e. The number of hydrogen-bond donors (Lipinski definition) is 0. The number of benzene rings is 4. The largest absolute Gasteiger partial charge is 0.489 e. The third kappa shape index (κ3) is 6.47. The Labute approximate surface area is 225 Å². The summed E-state index contributed by atoms with van der Waals surface area (Å²) < 4.78 is 17.9. The van der Waals surface area contributed by atoms with E-state index in [0.29, 0.717) is 36.1 Å². The third-order valence-electron chi connectivity index (χ3n) is 5.56. The lowest BCUT2D eigenvalue weighted by molar-refractivity contribution is 0.290. The van der Waals surface area contributed by atoms with Crippen molar-refractivity contribution in [2.75, 3.05) is 0 Å². The molecule has 0 aliphatic rings. The molecular weight excluding hydrogens is 498 g/mol. The van der Waals surface area contributed by atoms with E-state index >= 15 is 0 Å². The minimum absolute atomic E-state index is 0.220. The molecule has 0 amide bonds. The van der Waals surface area contributed by atoms with Crippen LogP contribution in [0.1, 0.15) is 16.7 Å². The second-order valence-corrected chi connectivity index (χ2v) is 8.69. The van der Waals surface area contributed by atoms with Crippen molar-refractivity contribution in [3.8, 4) is 40.6 Å². The van der Waals surface area contributed by atoms with Crippen LogP contribution in [0.25, 0.3) is 11.4 Å². The van der Waals surface area contributed by atoms with Gasteiger partial charge in [0.05, 0.1) is 11.6 Å². The Morgan fingerprint density at radius 2 is 1.34 bits per heavy atom. The second kappa shape index (κ2) is 11.9. The highest BCUT2D eigenvalue weighted by atomic mass is 35.5. The maximum absolute atomic E-state index is 9.39. The minimum Gasteiger partial charge on any atom is -0.489 e. The summed E-state index contributed by atoms with van der Waals surface area (Å²) in [5, 5.41) is 9.61. The zero-order valence-corrected chi connectivity index (χ0v) is 21.0. The Kier molecular flexibility index (Phi) is 7.78. The summed E-state index contributed by atoms with van der Waals surface area (Å²) in [6.45, 7) is 0.819. The Morgan fingerprint density at radius 3 is 2.00 bits per heavy atom. The van der Waals surface area contributed by atoms with E-state index in [-0.39, 0.29) is 11.0 Å². The number of rotatable bonds is 9. The van der Waals surface area contributed by atoms with Crippen LogP contribution in [0, 0.1) is 11.3 Å². The van der Waals surface area contributed by atoms with Crippen molar-refractivity contribution in [2.24, 2.45) is 0 Å². The Balaban J connectivity index is 1.33. The fraction of sp³-hybridized carbons (Fsp3) is 0.0645. The van der Waals surface area contributed by atoms with E-state index in [2.05, 4.69) is 16.0 Å². The molecule has 0 fully saturated rings. The molecule has 7 heteroatoms. The van der Waals surface area contributed by atoms with E-state index in [1.807, 2.05) is 84.9 Å². The molecule has 0 saturated heterocycles. The maximum atomic E-state index is 9.39. The van der Waals surface area contributed by atoms with Crippen LogP contribution in [-0.4, -0.2) is 9.97 Å². The molecule has 0 unspecified atom stereocenters. The van der Waals surface area contributed by atoms with Gasteiger partial charge in [-0.25, -0.2) is 4.98 Å². The van der Waals surface area contributed by atoms with Crippen molar-refractivity contribution in [3.05, 3.63) is 131 Å². The molecule has 0 atom stereocenters. The van der Waals surface area contributed by atoms with E-state index in [1.165, 1.54) is 6.07 Å². The number of nitrogens with zero attached hydrogens (tertiary/aromatic N) is 3. The molecule has 1 aromatic heterocycles. The van der Waals surface area contributed by atoms with Crippen molar-refractivity contribution in [1.29, 1.82) is 5.26 Å². The van der Waals surface area contributed by atoms with Crippen LogP contribution < -0.4 is 14.2 Å². The van der Waals surface area contributed by atoms with Gasteiger partial charge in [0.15, 0.2) is 17.3 Å². The number of halogens is 1. The molecule has 0 saturated carbocycles. The molecule has 0 radical (unpaired) electrons. The predicted molar refractivity (Wildman–Crippen MR) is 145 cm³/mol. The zero-order valence-electron chi connectivity index (χ0n) is 20.3. The number of aromatic nitrogens is 2. The van der Waals surface area contributed by atoms with Gasteiger partial charge in [-0.1, -0.05) is 72.3 Å². The number of ether oxygens (including phenoxy) is 3. The second-order valence-electron chi connectivity index (χ2n) is 8.30. The van der Waals surface area contributed by atoms with Gasteiger partial charge in [0.25, 0.3) is 0 Å². The van der Waals surface area contributed by atoms with E-state index < -0.39 is 0 Å². The van der Waals surface area contributed by atoms with Crippen LogP contribution in [0.15, 0.2) is 109 Å². The molecular formula is C31H22ClN3O3. The molecule has 38 heavy (non-hydrogen) atoms. The van der Waals surface area contributed by atoms with Crippen molar-refractivity contribution < 1.29 is 14.2 Å². The minimum atomic E-state index is 0.220. The standard InChI is InChI=1S/C31H22ClN3O3/c32-29-18-30(38-28-17-24(19-33)11-16-27(28)37-21-23-9-5-2-6-10-23)35-31(34-29)25-12-14-26(15-13-25)36-20-22-7-3-1-4-8-22/h1-18H,20-21H2. The first-order chi connectivity index (χ1) is 18.7. The summed E-state index contributed by atoms with van der Waals surface area (Å²) in [4.78, 5) is 8.89. The fourth-order valence-corrected chi connectivity index (χ4v) is 3.82. The molecule has 0 aliphatic carbocycles. The molecule has 1 heterocycles. The van der Waals surface area contributed by atoms with Gasteiger partial charge in [-0.2, -0.15) is 10.2 Å². The smallest absolute Gasteiger partial charge is 0.224 e. The Hall–Kier alpha value is -4.86. The van der Waals surface area contributed by atoms with Crippen molar-refractivity contribution in [2.45, 2.75) is 13.2 Å². The average molecular weight is 520 g/mol. The molecule has 0 spiro atoms. The van der Waals surface area contributed by atoms with Gasteiger partial charge in [0, 0.05) is 17.7 Å². The summed E-state index contributed by atoms with van der Waals surface area (Å²) in [5.74, 6) is 2.17. The molecule has 5 aromatic rings. The monoisotopic (exact) mass is 519 g/mol. The first kappa shape index (κ1) is 24.8. The summed E-state index contributed by atoms with van der Waals surface area (Å²) >= 11 is 6.32. The van der Waals surface area contributed by atoms with E-state index in [1.54, 1.807) is 18.2 Å². The van der Waals surface area contributed by atoms with Gasteiger partial charge in [-0.15, -0.1) is 0 Å². The predicted octanol–water partition coefficient (Wildman–Crippen LogP) is 7.62. The Morgan fingerprint density at radius 1 is 0.684 bits per heavy atom. The highest BCUT2D eigenvalue weighted by molar-refractivity contribution is 6.29. The van der Waals surface area contributed by atoms with Gasteiger partial charge < -0.3 is 14.2 Å². The molecule has 0 bridgehead atoms. The lowest BCUT2D eigenvalue weighted by Gasteiger charge is -2.13. The molecule has 5 rings (SSSR count). The molecule has 0 aliphatic heterocycles. The summed E-state index contributed by atoms with van der Waals surface area (Å²) in [6, 6.07) is 35.8. The lowest BCUT2D eigenvalue weighted by atomic mass is 10.2. The summed E-state index contributed by atoms with van der Waals surface area (Å²) in [7, 11) is 0. The number of nitriles is 1. The van der Waals surface area contributed by atoms with Crippen LogP contribution in [0.3, 0.4) is 0 Å². The highest BCUT2D eigenvalue weighted by Gasteiger charge is 2.13. The van der Waals surface area contributed by atoms with Gasteiger partial charge in [-0.05, 0) is 47.5 Å². The molecule has 4 aromatic carbocycles. The zero-order chi connectivity index (χ0) is 26.2. The van der Waals surface area contributed by atoms with Crippen molar-refractivity contribution in [3.63, 3.8) is 0 Å². The van der Waals surface area contributed by atoms with Crippen LogP contribution in [-0.2, 0) is 13.2 Å². The highest BCUT2D eigenvalue weighted by Crippen LogP contribution is 2.34. The molecule has 6 nitrogen and oxygen atoms in total. The van der Waals surface area contributed by atoms with E-state index in [4.69, 9.17) is 25.8 Å². The van der Waals surface area contributed by atoms with Crippen molar-refractivity contribution in [1.82, 2.24) is 9.97 Å². The van der Waals surface area contributed by atoms with Gasteiger partial charge in [0.2, 0.25) is 5.88 Å². The van der Waals surface area contributed by atoms with Crippen molar-refractivity contribution >= 4 is 11.6 Å². The van der Waals surface area contributed by atoms with E-state index in [0.717, 1.165) is 22.4 Å². The molecule has 0 N–H and O–H groups in total. The Bertz CT molecular complexity index is 1550. The first-order valence-electron chi connectivity index (χ1n) is 11.9. The van der Waals surface area contributed by atoms with Crippen LogP contribution >= 0.6 is 11.6 Å². The molecule has 186 valence electrons. The average Bonchev–Trinajstić information content (AvgIpc) is 2.96. The summed E-state index contributed by atoms with van der Waals surface area (Å²) in [6.07, 6.45) is 0. The normalized spacial score (nSPS) is 10.4. The van der Waals surface area contributed by atoms with Gasteiger partial charge >= 0.3 is 0 Å². The van der Waals surface area contributed by atoms with E-state index in [9.17, 15) is 5.26 Å². The third-order valence-corrected chi connectivity index (χ3v) is 5.75. The van der Waals surface area contributed by atoms with Crippen LogP contribution in [0.4, 0.5) is 0 Å².